The fourth-order valence-corrected chi connectivity index (χ4v) is 3.99. The number of halogens is 2. The standard InChI is InChI=1S/C22H28FN.C2H5F.C2H6/c1-17-15-18(2)22(21(23)16-17)24-13-11-20(12-14-24)10-6-9-19-7-4-3-5-8-19;1-2-3;1-2/h3-5,7-8,15-16,20H,6,9-14H2,1-2H3;2H2,1H3;1-2H3. The van der Waals surface area contributed by atoms with Crippen LogP contribution >= 0.6 is 0 Å². The van der Waals surface area contributed by atoms with E-state index in [2.05, 4.69) is 41.3 Å². The molecule has 2 aromatic carbocycles. The number of hydrogen-bond acceptors (Lipinski definition) is 1. The monoisotopic (exact) mass is 403 g/mol. The van der Waals surface area contributed by atoms with Crippen LogP contribution in [0.3, 0.4) is 0 Å². The molecular formula is C26H39F2N. The van der Waals surface area contributed by atoms with Crippen LogP contribution in [0.5, 0.6) is 0 Å². The summed E-state index contributed by atoms with van der Waals surface area (Å²) >= 11 is 0. The number of alkyl halides is 1. The quantitative estimate of drug-likeness (QED) is 0.495. The summed E-state index contributed by atoms with van der Waals surface area (Å²) in [6, 6.07) is 14.5. The maximum Gasteiger partial charge on any atom is 0.147 e. The summed E-state index contributed by atoms with van der Waals surface area (Å²) in [5, 5.41) is 0. The average molecular weight is 404 g/mol. The van der Waals surface area contributed by atoms with Gasteiger partial charge in [-0.25, -0.2) is 4.39 Å². The van der Waals surface area contributed by atoms with Gasteiger partial charge >= 0.3 is 0 Å². The first-order valence-corrected chi connectivity index (χ1v) is 11.2. The van der Waals surface area contributed by atoms with Crippen LogP contribution in [0, 0.1) is 25.6 Å². The van der Waals surface area contributed by atoms with Gasteiger partial charge in [0.2, 0.25) is 0 Å². The van der Waals surface area contributed by atoms with Gasteiger partial charge in [-0.15, -0.1) is 0 Å². The molecule has 1 nitrogen and oxygen atoms in total. The SMILES string of the molecule is CC.CCF.Cc1cc(C)c(N2CCC(CCCc3ccccc3)CC2)c(F)c1. The molecule has 29 heavy (non-hydrogen) atoms. The number of rotatable bonds is 5. The second-order valence-electron chi connectivity index (χ2n) is 7.49. The highest BCUT2D eigenvalue weighted by molar-refractivity contribution is 5.56. The Bertz CT molecular complexity index is 653. The lowest BCUT2D eigenvalue weighted by Crippen LogP contribution is -2.34. The molecule has 162 valence electrons. The number of piperidine rings is 1. The van der Waals surface area contributed by atoms with E-state index in [1.165, 1.54) is 44.6 Å². The van der Waals surface area contributed by atoms with Gasteiger partial charge in [0.15, 0.2) is 0 Å². The molecule has 0 bridgehead atoms. The van der Waals surface area contributed by atoms with Crippen molar-refractivity contribution in [2.75, 3.05) is 24.7 Å². The van der Waals surface area contributed by atoms with Gasteiger partial charge in [0.1, 0.15) is 5.82 Å². The van der Waals surface area contributed by atoms with E-state index in [1.54, 1.807) is 6.07 Å². The number of nitrogens with zero attached hydrogens (tertiary/aromatic N) is 1. The Balaban J connectivity index is 0.000000771. The Morgan fingerprint density at radius 1 is 1.00 bits per heavy atom. The van der Waals surface area contributed by atoms with Crippen LogP contribution in [-0.2, 0) is 6.42 Å². The van der Waals surface area contributed by atoms with Crippen LogP contribution in [0.1, 0.15) is 63.1 Å². The molecule has 1 aliphatic rings. The molecule has 1 aliphatic heterocycles. The lowest BCUT2D eigenvalue weighted by atomic mass is 9.90. The van der Waals surface area contributed by atoms with Crippen molar-refractivity contribution >= 4 is 5.69 Å². The lowest BCUT2D eigenvalue weighted by molar-refractivity contribution is 0.371. The minimum absolute atomic E-state index is 0.0602. The van der Waals surface area contributed by atoms with E-state index in [0.717, 1.165) is 35.8 Å². The molecule has 0 atom stereocenters. The highest BCUT2D eigenvalue weighted by Gasteiger charge is 2.22. The Hall–Kier alpha value is -1.90. The summed E-state index contributed by atoms with van der Waals surface area (Å²) in [5.74, 6) is 0.730. The van der Waals surface area contributed by atoms with Crippen LogP contribution in [0.2, 0.25) is 0 Å². The predicted octanol–water partition coefficient (Wildman–Crippen LogP) is 7.68. The molecule has 0 unspecified atom stereocenters. The third kappa shape index (κ3) is 8.55. The van der Waals surface area contributed by atoms with Gasteiger partial charge in [-0.3, -0.25) is 4.39 Å². The highest BCUT2D eigenvalue weighted by atomic mass is 19.1. The van der Waals surface area contributed by atoms with Crippen molar-refractivity contribution in [1.82, 2.24) is 0 Å². The first kappa shape index (κ1) is 25.1. The summed E-state index contributed by atoms with van der Waals surface area (Å²) in [4.78, 5) is 2.25. The Morgan fingerprint density at radius 3 is 2.14 bits per heavy atom. The second kappa shape index (κ2) is 14.1. The number of anilines is 1. The van der Waals surface area contributed by atoms with Crippen molar-refractivity contribution in [2.24, 2.45) is 5.92 Å². The Morgan fingerprint density at radius 2 is 1.59 bits per heavy atom. The molecule has 0 aromatic heterocycles. The van der Waals surface area contributed by atoms with Crippen LogP contribution in [-0.4, -0.2) is 19.8 Å². The minimum Gasteiger partial charge on any atom is -0.369 e. The topological polar surface area (TPSA) is 3.24 Å². The first-order valence-electron chi connectivity index (χ1n) is 11.2. The highest BCUT2D eigenvalue weighted by Crippen LogP contribution is 2.31. The zero-order valence-electron chi connectivity index (χ0n) is 19.0. The van der Waals surface area contributed by atoms with Gasteiger partial charge in [0.05, 0.1) is 12.4 Å². The van der Waals surface area contributed by atoms with Crippen LogP contribution in [0.15, 0.2) is 42.5 Å². The van der Waals surface area contributed by atoms with E-state index in [4.69, 9.17) is 0 Å². The maximum absolute atomic E-state index is 14.3. The van der Waals surface area contributed by atoms with Gasteiger partial charge in [-0.2, -0.15) is 0 Å². The van der Waals surface area contributed by atoms with Crippen molar-refractivity contribution in [1.29, 1.82) is 0 Å². The van der Waals surface area contributed by atoms with E-state index in [9.17, 15) is 8.78 Å². The molecule has 0 radical (unpaired) electrons. The summed E-state index contributed by atoms with van der Waals surface area (Å²) in [7, 11) is 0. The first-order chi connectivity index (χ1) is 14.0. The molecule has 1 fully saturated rings. The van der Waals surface area contributed by atoms with Crippen molar-refractivity contribution < 1.29 is 8.78 Å². The smallest absolute Gasteiger partial charge is 0.147 e. The summed E-state index contributed by atoms with van der Waals surface area (Å²) in [6.45, 7) is 11.2. The molecule has 0 N–H and O–H groups in total. The van der Waals surface area contributed by atoms with Gasteiger partial charge < -0.3 is 4.90 Å². The summed E-state index contributed by atoms with van der Waals surface area (Å²) in [6.07, 6.45) is 6.08. The zero-order chi connectivity index (χ0) is 21.6. The molecule has 2 aromatic rings. The van der Waals surface area contributed by atoms with Gasteiger partial charge in [-0.05, 0) is 81.5 Å². The molecule has 1 saturated heterocycles. The molecular weight excluding hydrogens is 364 g/mol. The fourth-order valence-electron chi connectivity index (χ4n) is 3.99. The van der Waals surface area contributed by atoms with Crippen LogP contribution in [0.25, 0.3) is 0 Å². The fraction of sp³-hybridized carbons (Fsp3) is 0.538. The van der Waals surface area contributed by atoms with Crippen LogP contribution < -0.4 is 4.90 Å². The van der Waals surface area contributed by atoms with Crippen LogP contribution in [0.4, 0.5) is 14.5 Å². The maximum atomic E-state index is 14.3. The molecule has 0 spiro atoms. The molecule has 1 heterocycles. The van der Waals surface area contributed by atoms with Crippen molar-refractivity contribution in [2.45, 2.75) is 66.7 Å². The minimum atomic E-state index is -0.250. The molecule has 0 aliphatic carbocycles. The summed E-state index contributed by atoms with van der Waals surface area (Å²) in [5.41, 5.74) is 4.33. The van der Waals surface area contributed by atoms with Crippen molar-refractivity contribution in [3.8, 4) is 0 Å². The Kier molecular flexibility index (Phi) is 12.3. The van der Waals surface area contributed by atoms with Gasteiger partial charge in [-0.1, -0.05) is 50.2 Å². The van der Waals surface area contributed by atoms with E-state index >= 15 is 0 Å². The predicted molar refractivity (Wildman–Crippen MR) is 123 cm³/mol. The number of benzene rings is 2. The largest absolute Gasteiger partial charge is 0.369 e. The third-order valence-electron chi connectivity index (χ3n) is 5.25. The van der Waals surface area contributed by atoms with E-state index in [0.29, 0.717) is 0 Å². The second-order valence-corrected chi connectivity index (χ2v) is 7.49. The zero-order valence-corrected chi connectivity index (χ0v) is 19.0. The van der Waals surface area contributed by atoms with Gasteiger partial charge in [0.25, 0.3) is 0 Å². The van der Waals surface area contributed by atoms with E-state index < -0.39 is 0 Å². The molecule has 3 heteroatoms. The molecule has 0 saturated carbocycles. The van der Waals surface area contributed by atoms with Crippen molar-refractivity contribution in [3.63, 3.8) is 0 Å². The Labute approximate surface area is 177 Å². The van der Waals surface area contributed by atoms with Gasteiger partial charge in [0, 0.05) is 13.1 Å². The van der Waals surface area contributed by atoms with E-state index in [-0.39, 0.29) is 12.5 Å². The normalized spacial score (nSPS) is 13.8. The average Bonchev–Trinajstić information content (AvgIpc) is 2.71. The molecule has 3 rings (SSSR count). The third-order valence-corrected chi connectivity index (χ3v) is 5.25. The summed E-state index contributed by atoms with van der Waals surface area (Å²) < 4.78 is 24.6. The lowest BCUT2D eigenvalue weighted by Gasteiger charge is -2.35. The number of aryl methyl sites for hydroxylation is 3. The molecule has 0 amide bonds. The number of hydrogen-bond donors (Lipinski definition) is 0. The van der Waals surface area contributed by atoms with Crippen molar-refractivity contribution in [3.05, 3.63) is 65.0 Å². The van der Waals surface area contributed by atoms with E-state index in [1.807, 2.05) is 27.7 Å².